The molecule has 0 saturated heterocycles. The second-order valence-electron chi connectivity index (χ2n) is 5.43. The number of carbonyl (C=O) groups is 1. The van der Waals surface area contributed by atoms with Crippen molar-refractivity contribution in [2.45, 2.75) is 6.92 Å². The number of phenols is 1. The highest BCUT2D eigenvalue weighted by Gasteiger charge is 2.14. The molecule has 7 heteroatoms. The van der Waals surface area contributed by atoms with Gasteiger partial charge in [-0.05, 0) is 77.6 Å². The number of terminal acetylenes is 1. The van der Waals surface area contributed by atoms with Crippen molar-refractivity contribution in [1.29, 1.82) is 5.26 Å². The third-order valence-electron chi connectivity index (χ3n) is 3.43. The molecule has 0 aliphatic carbocycles. The summed E-state index contributed by atoms with van der Waals surface area (Å²) < 4.78 is 11.9. The zero-order valence-electron chi connectivity index (χ0n) is 15.0. The molecule has 0 aromatic heterocycles. The first-order chi connectivity index (χ1) is 13.5. The van der Waals surface area contributed by atoms with Crippen molar-refractivity contribution in [2.75, 3.05) is 18.5 Å². The highest BCUT2D eigenvalue weighted by molar-refractivity contribution is 14.1. The average Bonchev–Trinajstić information content (AvgIpc) is 2.67. The van der Waals surface area contributed by atoms with Crippen molar-refractivity contribution < 1.29 is 19.4 Å². The normalized spacial score (nSPS) is 10.5. The van der Waals surface area contributed by atoms with Gasteiger partial charge in [-0.3, -0.25) is 4.79 Å². The Hall–Kier alpha value is -3.17. The molecule has 6 nitrogen and oxygen atoms in total. The molecule has 0 aliphatic heterocycles. The smallest absolute Gasteiger partial charge is 0.266 e. The van der Waals surface area contributed by atoms with Gasteiger partial charge in [0.25, 0.3) is 5.91 Å². The Labute approximate surface area is 176 Å². The SMILES string of the molecule is C#CCOc1c(I)cc(/C=C(\C#N)C(=O)Nc2ccc(O)cc2)cc1OCC. The minimum absolute atomic E-state index is 0.0800. The van der Waals surface area contributed by atoms with Gasteiger partial charge in [-0.25, -0.2) is 0 Å². The van der Waals surface area contributed by atoms with Crippen LogP contribution in [0.2, 0.25) is 0 Å². The second-order valence-corrected chi connectivity index (χ2v) is 6.59. The van der Waals surface area contributed by atoms with E-state index >= 15 is 0 Å². The first-order valence-corrected chi connectivity index (χ1v) is 9.31. The summed E-state index contributed by atoms with van der Waals surface area (Å²) in [5, 5.41) is 21.3. The Bertz CT molecular complexity index is 970. The van der Waals surface area contributed by atoms with Gasteiger partial charge < -0.3 is 19.9 Å². The van der Waals surface area contributed by atoms with E-state index in [4.69, 9.17) is 15.9 Å². The lowest BCUT2D eigenvalue weighted by molar-refractivity contribution is -0.112. The molecule has 2 aromatic carbocycles. The zero-order valence-corrected chi connectivity index (χ0v) is 17.2. The van der Waals surface area contributed by atoms with E-state index in [-0.39, 0.29) is 17.9 Å². The van der Waals surface area contributed by atoms with Crippen molar-refractivity contribution in [3.63, 3.8) is 0 Å². The lowest BCUT2D eigenvalue weighted by Crippen LogP contribution is -2.13. The summed E-state index contributed by atoms with van der Waals surface area (Å²) in [5.41, 5.74) is 0.994. The fourth-order valence-corrected chi connectivity index (χ4v) is 3.03. The van der Waals surface area contributed by atoms with E-state index in [1.54, 1.807) is 12.1 Å². The van der Waals surface area contributed by atoms with Crippen LogP contribution in [0.5, 0.6) is 17.2 Å². The largest absolute Gasteiger partial charge is 0.508 e. The maximum Gasteiger partial charge on any atom is 0.266 e. The highest BCUT2D eigenvalue weighted by Crippen LogP contribution is 2.35. The number of nitrogens with zero attached hydrogens (tertiary/aromatic N) is 1. The van der Waals surface area contributed by atoms with Crippen molar-refractivity contribution >= 4 is 40.3 Å². The van der Waals surface area contributed by atoms with Gasteiger partial charge in [0.1, 0.15) is 24.0 Å². The van der Waals surface area contributed by atoms with Crippen LogP contribution in [0.4, 0.5) is 5.69 Å². The van der Waals surface area contributed by atoms with Gasteiger partial charge in [-0.15, -0.1) is 6.42 Å². The number of halogens is 1. The quantitative estimate of drug-likeness (QED) is 0.203. The summed E-state index contributed by atoms with van der Waals surface area (Å²) in [4.78, 5) is 12.4. The van der Waals surface area contributed by atoms with Crippen LogP contribution in [0.1, 0.15) is 12.5 Å². The van der Waals surface area contributed by atoms with Crippen molar-refractivity contribution in [3.8, 4) is 35.7 Å². The van der Waals surface area contributed by atoms with Crippen LogP contribution in [0, 0.1) is 27.2 Å². The van der Waals surface area contributed by atoms with Crippen LogP contribution in [-0.2, 0) is 4.79 Å². The first kappa shape index (κ1) is 21.1. The number of ether oxygens (including phenoxy) is 2. The fraction of sp³-hybridized carbons (Fsp3) is 0.143. The molecule has 142 valence electrons. The molecule has 0 bridgehead atoms. The van der Waals surface area contributed by atoms with Crippen molar-refractivity contribution in [1.82, 2.24) is 0 Å². The number of hydrogen-bond donors (Lipinski definition) is 2. The van der Waals surface area contributed by atoms with E-state index in [1.807, 2.05) is 13.0 Å². The molecular formula is C21H17IN2O4. The maximum absolute atomic E-state index is 12.4. The Balaban J connectivity index is 2.32. The van der Waals surface area contributed by atoms with Gasteiger partial charge in [-0.2, -0.15) is 5.26 Å². The number of phenolic OH excluding ortho intramolecular Hbond substituents is 1. The predicted molar refractivity (Wildman–Crippen MR) is 115 cm³/mol. The predicted octanol–water partition coefficient (Wildman–Crippen LogP) is 3.95. The Kier molecular flexibility index (Phi) is 7.73. The zero-order chi connectivity index (χ0) is 20.5. The molecular weight excluding hydrogens is 471 g/mol. The molecule has 2 aromatic rings. The van der Waals surface area contributed by atoms with Crippen LogP contribution in [0.25, 0.3) is 6.08 Å². The third-order valence-corrected chi connectivity index (χ3v) is 4.23. The summed E-state index contributed by atoms with van der Waals surface area (Å²) in [6.07, 6.45) is 6.71. The average molecular weight is 488 g/mol. The number of rotatable bonds is 7. The van der Waals surface area contributed by atoms with E-state index in [2.05, 4.69) is 33.8 Å². The van der Waals surface area contributed by atoms with Crippen LogP contribution in [0.3, 0.4) is 0 Å². The summed E-state index contributed by atoms with van der Waals surface area (Å²) in [6.45, 7) is 2.36. The minimum Gasteiger partial charge on any atom is -0.508 e. The van der Waals surface area contributed by atoms with E-state index in [9.17, 15) is 15.2 Å². The number of nitrogens with one attached hydrogen (secondary N) is 1. The summed E-state index contributed by atoms with van der Waals surface area (Å²) >= 11 is 2.08. The number of aromatic hydroxyl groups is 1. The van der Waals surface area contributed by atoms with Gasteiger partial charge in [0.15, 0.2) is 11.5 Å². The molecule has 28 heavy (non-hydrogen) atoms. The van der Waals surface area contributed by atoms with Crippen molar-refractivity contribution in [2.24, 2.45) is 0 Å². The molecule has 0 saturated carbocycles. The Morgan fingerprint density at radius 1 is 1.32 bits per heavy atom. The topological polar surface area (TPSA) is 91.6 Å². The summed E-state index contributed by atoms with van der Waals surface area (Å²) in [7, 11) is 0. The van der Waals surface area contributed by atoms with Gasteiger partial charge in [0.05, 0.1) is 10.2 Å². The van der Waals surface area contributed by atoms with Crippen LogP contribution < -0.4 is 14.8 Å². The number of carbonyl (C=O) groups excluding carboxylic acids is 1. The van der Waals surface area contributed by atoms with Gasteiger partial charge in [0.2, 0.25) is 0 Å². The van der Waals surface area contributed by atoms with Gasteiger partial charge in [0, 0.05) is 5.69 Å². The van der Waals surface area contributed by atoms with E-state index in [0.717, 1.165) is 3.57 Å². The van der Waals surface area contributed by atoms with Crippen LogP contribution in [-0.4, -0.2) is 24.2 Å². The van der Waals surface area contributed by atoms with Crippen molar-refractivity contribution in [3.05, 3.63) is 51.1 Å². The Morgan fingerprint density at radius 3 is 2.64 bits per heavy atom. The highest BCUT2D eigenvalue weighted by atomic mass is 127. The van der Waals surface area contributed by atoms with E-state index in [1.165, 1.54) is 30.3 Å². The molecule has 0 unspecified atom stereocenters. The number of anilines is 1. The van der Waals surface area contributed by atoms with E-state index < -0.39 is 5.91 Å². The molecule has 2 N–H and O–H groups in total. The fourth-order valence-electron chi connectivity index (χ4n) is 2.25. The number of benzene rings is 2. The molecule has 2 rings (SSSR count). The summed E-state index contributed by atoms with van der Waals surface area (Å²) in [6, 6.07) is 11.3. The number of hydrogen-bond acceptors (Lipinski definition) is 5. The van der Waals surface area contributed by atoms with Crippen LogP contribution in [0.15, 0.2) is 42.0 Å². The summed E-state index contributed by atoms with van der Waals surface area (Å²) in [5.74, 6) is 2.92. The lowest BCUT2D eigenvalue weighted by Gasteiger charge is -2.13. The standard InChI is InChI=1S/C21H17IN2O4/c1-3-9-28-20-18(22)11-14(12-19(20)27-4-2)10-15(13-23)21(26)24-16-5-7-17(25)8-6-16/h1,5-8,10-12,25H,4,9H2,2H3,(H,24,26)/b15-10+. The molecule has 1 amide bonds. The maximum atomic E-state index is 12.4. The van der Waals surface area contributed by atoms with E-state index in [0.29, 0.717) is 29.4 Å². The molecule has 0 spiro atoms. The third kappa shape index (κ3) is 5.66. The van der Waals surface area contributed by atoms with Gasteiger partial charge >= 0.3 is 0 Å². The monoisotopic (exact) mass is 488 g/mol. The number of amides is 1. The molecule has 0 heterocycles. The van der Waals surface area contributed by atoms with Crippen LogP contribution >= 0.6 is 22.6 Å². The number of nitriles is 1. The molecule has 0 aliphatic rings. The molecule has 0 fully saturated rings. The lowest BCUT2D eigenvalue weighted by atomic mass is 10.1. The second kappa shape index (κ2) is 10.2. The Morgan fingerprint density at radius 2 is 2.04 bits per heavy atom. The minimum atomic E-state index is -0.561. The first-order valence-electron chi connectivity index (χ1n) is 8.23. The molecule has 0 atom stereocenters. The van der Waals surface area contributed by atoms with Gasteiger partial charge in [-0.1, -0.05) is 5.92 Å². The molecule has 0 radical (unpaired) electrons.